The summed E-state index contributed by atoms with van der Waals surface area (Å²) in [5.41, 5.74) is 1.30. The van der Waals surface area contributed by atoms with Gasteiger partial charge in [-0.15, -0.1) is 0 Å². The molecule has 0 N–H and O–H groups in total. The first-order chi connectivity index (χ1) is 15.0. The van der Waals surface area contributed by atoms with Crippen LogP contribution >= 0.6 is 34.4 Å². The van der Waals surface area contributed by atoms with Crippen LogP contribution in [0, 0.1) is 9.39 Å². The fourth-order valence-corrected chi connectivity index (χ4v) is 4.92. The maximum atomic E-state index is 13.9. The molecule has 1 aliphatic rings. The summed E-state index contributed by atoms with van der Waals surface area (Å²) in [7, 11) is 0. The fraction of sp³-hybridized carbons (Fsp3) is 0.304. The van der Waals surface area contributed by atoms with Gasteiger partial charge in [-0.25, -0.2) is 4.39 Å². The molecule has 0 aliphatic carbocycles. The molecule has 0 atom stereocenters. The van der Waals surface area contributed by atoms with Crippen LogP contribution in [0.3, 0.4) is 0 Å². The normalized spacial score (nSPS) is 16.4. The predicted octanol–water partition coefficient (Wildman–Crippen LogP) is 5.72. The molecule has 1 saturated heterocycles. The van der Waals surface area contributed by atoms with E-state index in [1.165, 1.54) is 17.8 Å². The second-order valence-electron chi connectivity index (χ2n) is 6.56. The number of rotatable bonds is 8. The first-order valence-electron chi connectivity index (χ1n) is 10.1. The van der Waals surface area contributed by atoms with Gasteiger partial charge in [-0.3, -0.25) is 14.7 Å². The van der Waals surface area contributed by atoms with Gasteiger partial charge in [0.05, 0.1) is 15.1 Å². The lowest BCUT2D eigenvalue weighted by Crippen LogP contribution is -2.28. The SMILES string of the molecule is CCN=C1S/C(=C/c2cc(I)c(OCc3ccccc3F)c(OCC)c2)C(=O)N1CC. The number of halogens is 2. The third-order valence-corrected chi connectivity index (χ3v) is 6.30. The van der Waals surface area contributed by atoms with Crippen LogP contribution in [0.5, 0.6) is 11.5 Å². The molecule has 1 amide bonds. The number of ether oxygens (including phenoxy) is 2. The molecule has 2 aromatic rings. The minimum Gasteiger partial charge on any atom is -0.490 e. The van der Waals surface area contributed by atoms with E-state index < -0.39 is 0 Å². The van der Waals surface area contributed by atoms with E-state index in [2.05, 4.69) is 27.6 Å². The highest BCUT2D eigenvalue weighted by Gasteiger charge is 2.32. The molecule has 0 aromatic heterocycles. The highest BCUT2D eigenvalue weighted by Crippen LogP contribution is 2.38. The molecule has 0 saturated carbocycles. The zero-order valence-corrected chi connectivity index (χ0v) is 20.6. The molecule has 0 radical (unpaired) electrons. The molecule has 1 heterocycles. The first kappa shape index (κ1) is 23.6. The Hall–Kier alpha value is -2.07. The van der Waals surface area contributed by atoms with Gasteiger partial charge in [0.25, 0.3) is 5.91 Å². The van der Waals surface area contributed by atoms with Gasteiger partial charge < -0.3 is 9.47 Å². The Bertz CT molecular complexity index is 1030. The summed E-state index contributed by atoms with van der Waals surface area (Å²) in [6.45, 7) is 7.53. The molecule has 0 spiro atoms. The Labute approximate surface area is 199 Å². The summed E-state index contributed by atoms with van der Waals surface area (Å²) < 4.78 is 26.5. The average molecular weight is 554 g/mol. The van der Waals surface area contributed by atoms with Crippen molar-refractivity contribution in [1.82, 2.24) is 4.90 Å². The molecule has 3 rings (SSSR count). The second kappa shape index (κ2) is 11.0. The van der Waals surface area contributed by atoms with Crippen LogP contribution in [0.2, 0.25) is 0 Å². The molecule has 2 aromatic carbocycles. The van der Waals surface area contributed by atoms with Crippen LogP contribution in [0.25, 0.3) is 6.08 Å². The third kappa shape index (κ3) is 5.60. The lowest BCUT2D eigenvalue weighted by Gasteiger charge is -2.15. The predicted molar refractivity (Wildman–Crippen MR) is 132 cm³/mol. The Morgan fingerprint density at radius 2 is 1.97 bits per heavy atom. The van der Waals surface area contributed by atoms with Crippen LogP contribution in [-0.2, 0) is 11.4 Å². The van der Waals surface area contributed by atoms with Gasteiger partial charge in [0.2, 0.25) is 0 Å². The minimum absolute atomic E-state index is 0.0486. The molecule has 8 heteroatoms. The van der Waals surface area contributed by atoms with Crippen molar-refractivity contribution in [3.05, 3.63) is 61.8 Å². The smallest absolute Gasteiger partial charge is 0.266 e. The van der Waals surface area contributed by atoms with E-state index in [9.17, 15) is 9.18 Å². The van der Waals surface area contributed by atoms with Gasteiger partial charge in [-0.2, -0.15) is 0 Å². The Balaban J connectivity index is 1.89. The number of hydrogen-bond acceptors (Lipinski definition) is 5. The van der Waals surface area contributed by atoms with Crippen molar-refractivity contribution in [2.45, 2.75) is 27.4 Å². The van der Waals surface area contributed by atoms with Gasteiger partial charge in [0.15, 0.2) is 16.7 Å². The Morgan fingerprint density at radius 3 is 2.65 bits per heavy atom. The number of carbonyl (C=O) groups excluding carboxylic acids is 1. The standard InChI is InChI=1S/C23H24FIN2O3S/c1-4-26-23-27(5-2)22(28)20(31-23)13-15-11-18(25)21(19(12-15)29-6-3)30-14-16-9-7-8-10-17(16)24/h7-13H,4-6,14H2,1-3H3/b20-13+,26-23?. The molecule has 1 aliphatic heterocycles. The van der Waals surface area contributed by atoms with E-state index in [0.29, 0.717) is 41.7 Å². The lowest BCUT2D eigenvalue weighted by atomic mass is 10.1. The second-order valence-corrected chi connectivity index (χ2v) is 8.73. The number of hydrogen-bond donors (Lipinski definition) is 0. The van der Waals surface area contributed by atoms with E-state index in [1.807, 2.05) is 39.0 Å². The maximum Gasteiger partial charge on any atom is 0.266 e. The summed E-state index contributed by atoms with van der Waals surface area (Å²) in [5, 5.41) is 0.728. The topological polar surface area (TPSA) is 51.1 Å². The zero-order chi connectivity index (χ0) is 22.4. The molecule has 0 bridgehead atoms. The van der Waals surface area contributed by atoms with Crippen LogP contribution < -0.4 is 9.47 Å². The van der Waals surface area contributed by atoms with Crippen molar-refractivity contribution in [3.8, 4) is 11.5 Å². The number of amides is 1. The number of benzene rings is 2. The van der Waals surface area contributed by atoms with Crippen molar-refractivity contribution in [3.63, 3.8) is 0 Å². The molecule has 5 nitrogen and oxygen atoms in total. The number of amidine groups is 1. The van der Waals surface area contributed by atoms with Crippen LogP contribution in [0.15, 0.2) is 46.3 Å². The molecular formula is C23H24FIN2O3S. The summed E-state index contributed by atoms with van der Waals surface area (Å²) in [6.07, 6.45) is 1.85. The van der Waals surface area contributed by atoms with Gasteiger partial charge >= 0.3 is 0 Å². The van der Waals surface area contributed by atoms with Crippen molar-refractivity contribution in [1.29, 1.82) is 0 Å². The van der Waals surface area contributed by atoms with Crippen molar-refractivity contribution in [2.24, 2.45) is 4.99 Å². The highest BCUT2D eigenvalue weighted by atomic mass is 127. The molecule has 164 valence electrons. The van der Waals surface area contributed by atoms with E-state index >= 15 is 0 Å². The summed E-state index contributed by atoms with van der Waals surface area (Å²) in [5.74, 6) is 0.760. The Morgan fingerprint density at radius 1 is 1.19 bits per heavy atom. The van der Waals surface area contributed by atoms with Crippen LogP contribution in [0.4, 0.5) is 4.39 Å². The largest absolute Gasteiger partial charge is 0.490 e. The fourth-order valence-electron chi connectivity index (χ4n) is 3.03. The van der Waals surface area contributed by atoms with Crippen molar-refractivity contribution in [2.75, 3.05) is 19.7 Å². The summed E-state index contributed by atoms with van der Waals surface area (Å²) >= 11 is 3.55. The van der Waals surface area contributed by atoms with Gasteiger partial charge in [0, 0.05) is 18.7 Å². The zero-order valence-electron chi connectivity index (χ0n) is 17.7. The number of likely N-dealkylation sites (N-methyl/N-ethyl adjacent to an activating group) is 1. The first-order valence-corrected chi connectivity index (χ1v) is 12.0. The molecule has 31 heavy (non-hydrogen) atoms. The molecule has 0 unspecified atom stereocenters. The highest BCUT2D eigenvalue weighted by molar-refractivity contribution is 14.1. The number of thioether (sulfide) groups is 1. The van der Waals surface area contributed by atoms with Crippen molar-refractivity contribution < 1.29 is 18.7 Å². The van der Waals surface area contributed by atoms with Gasteiger partial charge in [0.1, 0.15) is 12.4 Å². The molecular weight excluding hydrogens is 530 g/mol. The summed E-state index contributed by atoms with van der Waals surface area (Å²) in [6, 6.07) is 10.3. The van der Waals surface area contributed by atoms with Crippen molar-refractivity contribution >= 4 is 51.5 Å². The monoisotopic (exact) mass is 554 g/mol. The van der Waals surface area contributed by atoms with E-state index in [0.717, 1.165) is 14.3 Å². The average Bonchev–Trinajstić information content (AvgIpc) is 3.03. The molecule has 1 fully saturated rings. The third-order valence-electron chi connectivity index (χ3n) is 4.46. The quantitative estimate of drug-likeness (QED) is 0.310. The summed E-state index contributed by atoms with van der Waals surface area (Å²) in [4.78, 5) is 19.5. The maximum absolute atomic E-state index is 13.9. The van der Waals surface area contributed by atoms with Crippen LogP contribution in [-0.4, -0.2) is 35.7 Å². The minimum atomic E-state index is -0.307. The number of carbonyl (C=O) groups is 1. The Kier molecular flexibility index (Phi) is 8.36. The number of aliphatic imine (C=N–C) groups is 1. The van der Waals surface area contributed by atoms with Gasteiger partial charge in [-0.1, -0.05) is 18.2 Å². The lowest BCUT2D eigenvalue weighted by molar-refractivity contribution is -0.122. The van der Waals surface area contributed by atoms with E-state index in [-0.39, 0.29) is 18.3 Å². The number of nitrogens with zero attached hydrogens (tertiary/aromatic N) is 2. The van der Waals surface area contributed by atoms with E-state index in [4.69, 9.17) is 9.47 Å². The van der Waals surface area contributed by atoms with Crippen LogP contribution in [0.1, 0.15) is 31.9 Å². The van der Waals surface area contributed by atoms with Gasteiger partial charge in [-0.05, 0) is 85.0 Å². The van der Waals surface area contributed by atoms with E-state index in [1.54, 1.807) is 23.1 Å².